The summed E-state index contributed by atoms with van der Waals surface area (Å²) >= 11 is -2.73. The fourth-order valence-electron chi connectivity index (χ4n) is 1.97. The van der Waals surface area contributed by atoms with Crippen molar-refractivity contribution in [2.24, 2.45) is 0 Å². The predicted molar refractivity (Wildman–Crippen MR) is 88.0 cm³/mol. The summed E-state index contributed by atoms with van der Waals surface area (Å²) in [6.07, 6.45) is 6.20. The first kappa shape index (κ1) is 16.7. The quantitative estimate of drug-likeness (QED) is 0.439. The average Bonchev–Trinajstić information content (AvgIpc) is 3.16. The third kappa shape index (κ3) is 3.38. The highest BCUT2D eigenvalue weighted by atomic mass is 32.2. The number of ketones is 1. The second kappa shape index (κ2) is 7.55. The molecule has 0 saturated heterocycles. The summed E-state index contributed by atoms with van der Waals surface area (Å²) in [5, 5.41) is 0.707. The SMILES string of the molecule is C=CC[S+]([O-])c1[nH]ccc1C(=O)c1cc[nH]c1[S+]([O-])CC=C. The first-order valence-corrected chi connectivity index (χ1v) is 9.12. The summed E-state index contributed by atoms with van der Waals surface area (Å²) in [5.41, 5.74) is 0.633. The molecular weight excluding hydrogens is 320 g/mol. The van der Waals surface area contributed by atoms with E-state index in [2.05, 4.69) is 23.1 Å². The highest BCUT2D eigenvalue weighted by Gasteiger charge is 2.28. The van der Waals surface area contributed by atoms with Crippen LogP contribution in [0.2, 0.25) is 0 Å². The fraction of sp³-hybridized carbons (Fsp3) is 0.133. The van der Waals surface area contributed by atoms with Crippen molar-refractivity contribution < 1.29 is 13.9 Å². The Hall–Kier alpha value is -1.67. The van der Waals surface area contributed by atoms with Gasteiger partial charge in [0.1, 0.15) is 11.5 Å². The van der Waals surface area contributed by atoms with Crippen LogP contribution in [0.4, 0.5) is 0 Å². The van der Waals surface area contributed by atoms with Gasteiger partial charge in [-0.05, 0) is 24.3 Å². The van der Waals surface area contributed by atoms with E-state index in [1.807, 2.05) is 0 Å². The minimum atomic E-state index is -1.36. The number of aromatic nitrogens is 2. The molecule has 116 valence electrons. The van der Waals surface area contributed by atoms with Gasteiger partial charge >= 0.3 is 0 Å². The van der Waals surface area contributed by atoms with Crippen LogP contribution in [0.3, 0.4) is 0 Å². The van der Waals surface area contributed by atoms with Crippen molar-refractivity contribution >= 4 is 28.1 Å². The molecule has 0 saturated carbocycles. The molecule has 0 fully saturated rings. The predicted octanol–water partition coefficient (Wildman–Crippen LogP) is 2.16. The summed E-state index contributed by atoms with van der Waals surface area (Å²) in [5.74, 6) is 0.189. The van der Waals surface area contributed by atoms with Crippen LogP contribution >= 0.6 is 0 Å². The van der Waals surface area contributed by atoms with Crippen LogP contribution in [0, 0.1) is 0 Å². The monoisotopic (exact) mass is 336 g/mol. The van der Waals surface area contributed by atoms with E-state index in [9.17, 15) is 13.9 Å². The van der Waals surface area contributed by atoms with Crippen molar-refractivity contribution in [1.29, 1.82) is 0 Å². The Kier molecular flexibility index (Phi) is 5.73. The maximum absolute atomic E-state index is 12.7. The van der Waals surface area contributed by atoms with Gasteiger partial charge < -0.3 is 19.1 Å². The molecule has 0 aliphatic heterocycles. The molecule has 0 amide bonds. The third-order valence-electron chi connectivity index (χ3n) is 2.90. The first-order valence-electron chi connectivity index (χ1n) is 6.48. The lowest BCUT2D eigenvalue weighted by Crippen LogP contribution is -2.14. The lowest BCUT2D eigenvalue weighted by molar-refractivity contribution is 0.103. The van der Waals surface area contributed by atoms with E-state index in [4.69, 9.17) is 0 Å². The van der Waals surface area contributed by atoms with E-state index in [0.29, 0.717) is 21.2 Å². The molecule has 0 aliphatic rings. The smallest absolute Gasteiger partial charge is 0.234 e. The van der Waals surface area contributed by atoms with Gasteiger partial charge in [-0.15, -0.1) is 0 Å². The number of H-pyrrole nitrogens is 2. The van der Waals surface area contributed by atoms with Gasteiger partial charge in [0.25, 0.3) is 0 Å². The topological polar surface area (TPSA) is 94.8 Å². The Morgan fingerprint density at radius 3 is 1.77 bits per heavy atom. The molecule has 2 aromatic heterocycles. The Labute approximate surface area is 134 Å². The molecule has 2 heterocycles. The maximum atomic E-state index is 12.7. The number of hydrogen-bond acceptors (Lipinski definition) is 3. The van der Waals surface area contributed by atoms with E-state index in [0.717, 1.165) is 0 Å². The molecule has 0 aromatic carbocycles. The van der Waals surface area contributed by atoms with Gasteiger partial charge in [0.2, 0.25) is 15.8 Å². The molecule has 0 radical (unpaired) electrons. The molecule has 2 N–H and O–H groups in total. The maximum Gasteiger partial charge on any atom is 0.234 e. The van der Waals surface area contributed by atoms with E-state index in [-0.39, 0.29) is 17.3 Å². The Bertz CT molecular complexity index is 622. The zero-order valence-corrected chi connectivity index (χ0v) is 13.5. The number of nitrogens with one attached hydrogen (secondary N) is 2. The zero-order valence-electron chi connectivity index (χ0n) is 11.8. The van der Waals surface area contributed by atoms with Gasteiger partial charge in [-0.25, -0.2) is 0 Å². The van der Waals surface area contributed by atoms with Gasteiger partial charge in [0.15, 0.2) is 0 Å². The van der Waals surface area contributed by atoms with Crippen LogP contribution in [0.15, 0.2) is 59.9 Å². The minimum Gasteiger partial charge on any atom is -0.610 e. The molecule has 2 atom stereocenters. The number of rotatable bonds is 8. The van der Waals surface area contributed by atoms with Crippen LogP contribution in [0.25, 0.3) is 0 Å². The van der Waals surface area contributed by atoms with Gasteiger partial charge in [-0.3, -0.25) is 4.79 Å². The molecule has 0 spiro atoms. The molecule has 0 bridgehead atoms. The fourth-order valence-corrected chi connectivity index (χ4v) is 3.94. The van der Waals surface area contributed by atoms with Crippen LogP contribution < -0.4 is 0 Å². The lowest BCUT2D eigenvalue weighted by Gasteiger charge is -2.10. The van der Waals surface area contributed by atoms with Crippen LogP contribution in [-0.4, -0.2) is 36.4 Å². The van der Waals surface area contributed by atoms with Crippen LogP contribution in [0.5, 0.6) is 0 Å². The first-order chi connectivity index (χ1) is 10.6. The third-order valence-corrected chi connectivity index (χ3v) is 5.56. The van der Waals surface area contributed by atoms with E-state index in [1.165, 1.54) is 12.2 Å². The van der Waals surface area contributed by atoms with Crippen molar-refractivity contribution in [1.82, 2.24) is 9.97 Å². The van der Waals surface area contributed by atoms with Gasteiger partial charge in [0, 0.05) is 34.7 Å². The number of hydrogen-bond donors (Lipinski definition) is 2. The van der Waals surface area contributed by atoms with Crippen molar-refractivity contribution in [2.45, 2.75) is 10.1 Å². The van der Waals surface area contributed by atoms with E-state index >= 15 is 0 Å². The normalized spacial score (nSPS) is 13.5. The zero-order chi connectivity index (χ0) is 16.1. The Balaban J connectivity index is 2.34. The molecule has 2 unspecified atom stereocenters. The van der Waals surface area contributed by atoms with Gasteiger partial charge in [-0.1, -0.05) is 13.2 Å². The lowest BCUT2D eigenvalue weighted by atomic mass is 10.1. The summed E-state index contributed by atoms with van der Waals surface area (Å²) in [6.45, 7) is 7.09. The molecule has 22 heavy (non-hydrogen) atoms. The number of carbonyl (C=O) groups excluding carboxylic acids is 1. The highest BCUT2D eigenvalue weighted by molar-refractivity contribution is 7.91. The second-order valence-corrected chi connectivity index (χ2v) is 7.24. The summed E-state index contributed by atoms with van der Waals surface area (Å²) < 4.78 is 24.2. The van der Waals surface area contributed by atoms with Gasteiger partial charge in [0.05, 0.1) is 11.1 Å². The van der Waals surface area contributed by atoms with E-state index < -0.39 is 22.4 Å². The molecular formula is C15H16N2O3S2. The number of carbonyl (C=O) groups is 1. The average molecular weight is 336 g/mol. The molecule has 5 nitrogen and oxygen atoms in total. The Morgan fingerprint density at radius 2 is 1.41 bits per heavy atom. The second-order valence-electron chi connectivity index (χ2n) is 4.37. The van der Waals surface area contributed by atoms with Crippen molar-refractivity contribution in [3.63, 3.8) is 0 Å². The molecule has 2 rings (SSSR count). The van der Waals surface area contributed by atoms with Crippen molar-refractivity contribution in [2.75, 3.05) is 11.5 Å². The highest BCUT2D eigenvalue weighted by Crippen LogP contribution is 2.23. The molecule has 0 aliphatic carbocycles. The summed E-state index contributed by atoms with van der Waals surface area (Å²) in [6, 6.07) is 3.15. The number of aromatic amines is 2. The van der Waals surface area contributed by atoms with Crippen molar-refractivity contribution in [3.8, 4) is 0 Å². The molecule has 7 heteroatoms. The molecule has 2 aromatic rings. The van der Waals surface area contributed by atoms with E-state index in [1.54, 1.807) is 24.5 Å². The Morgan fingerprint density at radius 1 is 1.00 bits per heavy atom. The van der Waals surface area contributed by atoms with Crippen LogP contribution in [0.1, 0.15) is 15.9 Å². The van der Waals surface area contributed by atoms with Crippen LogP contribution in [-0.2, 0) is 22.4 Å². The standard InChI is InChI=1S/C15H16N2O3S2/c1-3-9-21(19)14-11(5-7-16-14)13(18)12-6-8-17-15(12)22(20)10-4-2/h3-8,16-17H,1-2,9-10H2. The summed E-state index contributed by atoms with van der Waals surface area (Å²) in [7, 11) is 0. The van der Waals surface area contributed by atoms with Gasteiger partial charge in [-0.2, -0.15) is 0 Å². The van der Waals surface area contributed by atoms with Crippen molar-refractivity contribution in [3.05, 3.63) is 61.0 Å². The largest absolute Gasteiger partial charge is 0.610 e. The minimum absolute atomic E-state index is 0.253. The summed E-state index contributed by atoms with van der Waals surface area (Å²) in [4.78, 5) is 18.3.